The Morgan fingerprint density at radius 3 is 2.59 bits per heavy atom. The Morgan fingerprint density at radius 1 is 1.47 bits per heavy atom. The average Bonchev–Trinajstić information content (AvgIpc) is 2.25. The summed E-state index contributed by atoms with van der Waals surface area (Å²) in [6.45, 7) is 7.58. The molecule has 4 heteroatoms. The van der Waals surface area contributed by atoms with Gasteiger partial charge in [0.1, 0.15) is 11.6 Å². The molecule has 1 aliphatic rings. The van der Waals surface area contributed by atoms with Crippen molar-refractivity contribution in [3.8, 4) is 6.07 Å². The summed E-state index contributed by atoms with van der Waals surface area (Å²) in [6, 6.07) is 2.02. The molecular weight excluding hydrogens is 216 g/mol. The molecule has 17 heavy (non-hydrogen) atoms. The van der Waals surface area contributed by atoms with Crippen molar-refractivity contribution in [1.82, 2.24) is 4.90 Å². The van der Waals surface area contributed by atoms with E-state index in [-0.39, 0.29) is 18.2 Å². The molecule has 0 saturated carbocycles. The Morgan fingerprint density at radius 2 is 2.12 bits per heavy atom. The zero-order valence-electron chi connectivity index (χ0n) is 11.2. The number of hydrogen-bond donors (Lipinski definition) is 0. The highest BCUT2D eigenvalue weighted by Crippen LogP contribution is 2.26. The zero-order valence-corrected chi connectivity index (χ0v) is 11.2. The molecule has 2 atom stereocenters. The fraction of sp³-hybridized carbons (Fsp3) is 0.846. The van der Waals surface area contributed by atoms with Gasteiger partial charge >= 0.3 is 6.09 Å². The van der Waals surface area contributed by atoms with Crippen LogP contribution in [0.1, 0.15) is 53.4 Å². The van der Waals surface area contributed by atoms with Crippen molar-refractivity contribution >= 4 is 6.09 Å². The smallest absolute Gasteiger partial charge is 0.411 e. The fourth-order valence-corrected chi connectivity index (χ4v) is 2.20. The van der Waals surface area contributed by atoms with Crippen LogP contribution in [0.25, 0.3) is 0 Å². The molecule has 0 unspecified atom stereocenters. The normalized spacial score (nSPS) is 25.2. The highest BCUT2D eigenvalue weighted by atomic mass is 16.6. The summed E-state index contributed by atoms with van der Waals surface area (Å²) in [4.78, 5) is 13.7. The van der Waals surface area contributed by atoms with E-state index in [9.17, 15) is 4.79 Å². The Kier molecular flexibility index (Phi) is 4.39. The SMILES string of the molecule is CC[C@H]1CCC[C@@H](C#N)N1C(=O)OC(C)(C)C. The van der Waals surface area contributed by atoms with Crippen LogP contribution in [0.5, 0.6) is 0 Å². The number of hydrogen-bond acceptors (Lipinski definition) is 3. The van der Waals surface area contributed by atoms with Crippen molar-refractivity contribution in [1.29, 1.82) is 5.26 Å². The Hall–Kier alpha value is -1.24. The average molecular weight is 238 g/mol. The van der Waals surface area contributed by atoms with Crippen LogP contribution < -0.4 is 0 Å². The number of carbonyl (C=O) groups is 1. The summed E-state index contributed by atoms with van der Waals surface area (Å²) in [5.74, 6) is 0. The monoisotopic (exact) mass is 238 g/mol. The molecule has 1 saturated heterocycles. The number of piperidine rings is 1. The molecule has 0 aromatic carbocycles. The maximum absolute atomic E-state index is 12.1. The van der Waals surface area contributed by atoms with Gasteiger partial charge in [0.05, 0.1) is 6.07 Å². The van der Waals surface area contributed by atoms with Crippen molar-refractivity contribution in [2.24, 2.45) is 0 Å². The second kappa shape index (κ2) is 5.39. The molecule has 1 heterocycles. The lowest BCUT2D eigenvalue weighted by Crippen LogP contribution is -2.51. The third kappa shape index (κ3) is 3.62. The van der Waals surface area contributed by atoms with Gasteiger partial charge < -0.3 is 4.74 Å². The van der Waals surface area contributed by atoms with Gasteiger partial charge in [0.2, 0.25) is 0 Å². The van der Waals surface area contributed by atoms with E-state index in [1.807, 2.05) is 27.7 Å². The highest BCUT2D eigenvalue weighted by molar-refractivity contribution is 5.69. The number of rotatable bonds is 1. The Bertz CT molecular complexity index is 314. The largest absolute Gasteiger partial charge is 0.444 e. The summed E-state index contributed by atoms with van der Waals surface area (Å²) < 4.78 is 5.38. The van der Waals surface area contributed by atoms with E-state index < -0.39 is 5.60 Å². The molecule has 1 amide bonds. The van der Waals surface area contributed by atoms with E-state index in [2.05, 4.69) is 6.07 Å². The van der Waals surface area contributed by atoms with Crippen LogP contribution in [0, 0.1) is 11.3 Å². The molecule has 0 radical (unpaired) electrons. The topological polar surface area (TPSA) is 53.3 Å². The third-order valence-electron chi connectivity index (χ3n) is 2.97. The van der Waals surface area contributed by atoms with Gasteiger partial charge in [-0.15, -0.1) is 0 Å². The van der Waals surface area contributed by atoms with E-state index in [0.717, 1.165) is 25.7 Å². The van der Waals surface area contributed by atoms with Gasteiger partial charge in [-0.1, -0.05) is 6.92 Å². The van der Waals surface area contributed by atoms with E-state index in [1.165, 1.54) is 0 Å². The number of ether oxygens (including phenoxy) is 1. The molecule has 0 bridgehead atoms. The van der Waals surface area contributed by atoms with Crippen LogP contribution >= 0.6 is 0 Å². The van der Waals surface area contributed by atoms with E-state index in [0.29, 0.717) is 0 Å². The molecule has 0 aromatic rings. The minimum atomic E-state index is -0.507. The molecule has 1 fully saturated rings. The molecule has 1 rings (SSSR count). The molecular formula is C13H22N2O2. The first-order chi connectivity index (χ1) is 7.89. The molecule has 0 N–H and O–H groups in total. The van der Waals surface area contributed by atoms with Crippen molar-refractivity contribution < 1.29 is 9.53 Å². The van der Waals surface area contributed by atoms with Crippen molar-refractivity contribution in [3.05, 3.63) is 0 Å². The first-order valence-electron chi connectivity index (χ1n) is 6.30. The van der Waals surface area contributed by atoms with E-state index in [4.69, 9.17) is 10.00 Å². The van der Waals surface area contributed by atoms with Crippen LogP contribution in [0.15, 0.2) is 0 Å². The van der Waals surface area contributed by atoms with Crippen molar-refractivity contribution in [2.45, 2.75) is 71.1 Å². The first-order valence-corrected chi connectivity index (χ1v) is 6.30. The first kappa shape index (κ1) is 13.8. The predicted octanol–water partition coefficient (Wildman–Crippen LogP) is 3.08. The van der Waals surface area contributed by atoms with Crippen LogP contribution in [-0.4, -0.2) is 28.7 Å². The Balaban J connectivity index is 2.81. The number of amides is 1. The molecule has 96 valence electrons. The van der Waals surface area contributed by atoms with Crippen LogP contribution in [0.3, 0.4) is 0 Å². The molecule has 1 aliphatic heterocycles. The maximum atomic E-state index is 12.1. The number of nitrogens with zero attached hydrogens (tertiary/aromatic N) is 2. The van der Waals surface area contributed by atoms with Gasteiger partial charge in [-0.3, -0.25) is 4.90 Å². The van der Waals surface area contributed by atoms with Crippen LogP contribution in [-0.2, 0) is 4.74 Å². The lowest BCUT2D eigenvalue weighted by Gasteiger charge is -2.39. The fourth-order valence-electron chi connectivity index (χ4n) is 2.20. The van der Waals surface area contributed by atoms with Gasteiger partial charge in [-0.25, -0.2) is 4.79 Å². The minimum Gasteiger partial charge on any atom is -0.444 e. The van der Waals surface area contributed by atoms with Crippen molar-refractivity contribution in [2.75, 3.05) is 0 Å². The number of nitriles is 1. The molecule has 0 aromatic heterocycles. The summed E-state index contributed by atoms with van der Waals surface area (Å²) in [5, 5.41) is 9.12. The third-order valence-corrected chi connectivity index (χ3v) is 2.97. The number of carbonyl (C=O) groups excluding carboxylic acids is 1. The summed E-state index contributed by atoms with van der Waals surface area (Å²) in [6.07, 6.45) is 3.25. The lowest BCUT2D eigenvalue weighted by atomic mass is 9.95. The number of likely N-dealkylation sites (tertiary alicyclic amines) is 1. The second-order valence-electron chi connectivity index (χ2n) is 5.53. The van der Waals surface area contributed by atoms with Gasteiger partial charge in [0.15, 0.2) is 0 Å². The summed E-state index contributed by atoms with van der Waals surface area (Å²) in [7, 11) is 0. The Labute approximate surface area is 104 Å². The van der Waals surface area contributed by atoms with Crippen LogP contribution in [0.4, 0.5) is 4.79 Å². The van der Waals surface area contributed by atoms with Crippen LogP contribution in [0.2, 0.25) is 0 Å². The maximum Gasteiger partial charge on any atom is 0.411 e. The highest BCUT2D eigenvalue weighted by Gasteiger charge is 2.35. The van der Waals surface area contributed by atoms with Gasteiger partial charge in [-0.2, -0.15) is 5.26 Å². The molecule has 0 spiro atoms. The molecule has 4 nitrogen and oxygen atoms in total. The second-order valence-corrected chi connectivity index (χ2v) is 5.53. The predicted molar refractivity (Wildman–Crippen MR) is 65.4 cm³/mol. The van der Waals surface area contributed by atoms with Crippen molar-refractivity contribution in [3.63, 3.8) is 0 Å². The van der Waals surface area contributed by atoms with Gasteiger partial charge in [0.25, 0.3) is 0 Å². The zero-order chi connectivity index (χ0) is 13.1. The molecule has 0 aliphatic carbocycles. The minimum absolute atomic E-state index is 0.142. The quantitative estimate of drug-likeness (QED) is 0.705. The van der Waals surface area contributed by atoms with Gasteiger partial charge in [-0.05, 0) is 46.5 Å². The standard InChI is InChI=1S/C13H22N2O2/c1-5-10-7-6-8-11(9-14)15(10)12(16)17-13(2,3)4/h10-11H,5-8H2,1-4H3/t10-,11-/m0/s1. The van der Waals surface area contributed by atoms with Gasteiger partial charge in [0, 0.05) is 6.04 Å². The van der Waals surface area contributed by atoms with E-state index in [1.54, 1.807) is 4.90 Å². The summed E-state index contributed by atoms with van der Waals surface area (Å²) in [5.41, 5.74) is -0.507. The van der Waals surface area contributed by atoms with E-state index >= 15 is 0 Å². The lowest BCUT2D eigenvalue weighted by molar-refractivity contribution is 0.00147. The summed E-state index contributed by atoms with van der Waals surface area (Å²) >= 11 is 0.